The van der Waals surface area contributed by atoms with E-state index in [2.05, 4.69) is 19.2 Å². The van der Waals surface area contributed by atoms with Crippen LogP contribution >= 0.6 is 0 Å². The highest BCUT2D eigenvalue weighted by atomic mass is 16.5. The van der Waals surface area contributed by atoms with Gasteiger partial charge in [-0.25, -0.2) is 0 Å². The lowest BCUT2D eigenvalue weighted by atomic mass is 9.80. The highest BCUT2D eigenvalue weighted by Crippen LogP contribution is 2.28. The Bertz CT molecular complexity index is 856. The van der Waals surface area contributed by atoms with E-state index >= 15 is 0 Å². The molecule has 0 aliphatic rings. The van der Waals surface area contributed by atoms with Gasteiger partial charge in [-0.15, -0.1) is 0 Å². The second kappa shape index (κ2) is 15.3. The minimum Gasteiger partial charge on any atom is -0.493 e. The van der Waals surface area contributed by atoms with Gasteiger partial charge in [-0.1, -0.05) is 46.8 Å². The highest BCUT2D eigenvalue weighted by Gasteiger charge is 2.32. The molecule has 0 aliphatic heterocycles. The summed E-state index contributed by atoms with van der Waals surface area (Å²) in [5.74, 6) is 0.115. The molecule has 1 rings (SSSR count). The summed E-state index contributed by atoms with van der Waals surface area (Å²) in [6, 6.07) is 5.41. The van der Waals surface area contributed by atoms with Crippen LogP contribution in [0.3, 0.4) is 0 Å². The number of carbonyl (C=O) groups is 2. The van der Waals surface area contributed by atoms with Crippen molar-refractivity contribution in [2.24, 2.45) is 40.6 Å². The van der Waals surface area contributed by atoms with E-state index in [-0.39, 0.29) is 37.3 Å². The second-order valence-electron chi connectivity index (χ2n) is 11.7. The molecule has 0 bridgehead atoms. The fourth-order valence-electron chi connectivity index (χ4n) is 4.25. The summed E-state index contributed by atoms with van der Waals surface area (Å²) in [6.07, 6.45) is 1.65. The van der Waals surface area contributed by atoms with Crippen molar-refractivity contribution in [2.75, 3.05) is 13.2 Å². The molecule has 0 aromatic heterocycles. The largest absolute Gasteiger partial charge is 0.493 e. The van der Waals surface area contributed by atoms with Gasteiger partial charge in [0.05, 0.1) is 24.7 Å². The van der Waals surface area contributed by atoms with Crippen molar-refractivity contribution in [3.05, 3.63) is 29.3 Å². The first kappa shape index (κ1) is 32.9. The Labute approximate surface area is 223 Å². The van der Waals surface area contributed by atoms with Crippen LogP contribution in [-0.4, -0.2) is 47.3 Å². The molecule has 1 aromatic carbocycles. The summed E-state index contributed by atoms with van der Waals surface area (Å²) in [6.45, 7) is 14.2. The molecule has 0 heterocycles. The average molecular weight is 522 g/mol. The van der Waals surface area contributed by atoms with Crippen LogP contribution in [0.25, 0.3) is 0 Å². The van der Waals surface area contributed by atoms with Gasteiger partial charge in [0.2, 0.25) is 11.8 Å². The number of nitrogens with two attached hydrogens (primary N) is 2. The van der Waals surface area contributed by atoms with Crippen LogP contribution in [0.15, 0.2) is 18.2 Å². The molecule has 0 unspecified atom stereocenters. The maximum atomic E-state index is 12.9. The van der Waals surface area contributed by atoms with Crippen molar-refractivity contribution in [1.29, 1.82) is 0 Å². The zero-order chi connectivity index (χ0) is 28.3. The van der Waals surface area contributed by atoms with Crippen molar-refractivity contribution in [3.8, 4) is 5.75 Å². The summed E-state index contributed by atoms with van der Waals surface area (Å²) in [5.41, 5.74) is 12.9. The van der Waals surface area contributed by atoms with Crippen LogP contribution < -0.4 is 21.5 Å². The Hall–Kier alpha value is -2.16. The Morgan fingerprint density at radius 3 is 2.27 bits per heavy atom. The molecule has 2 amide bonds. The number of ether oxygens (including phenoxy) is 1. The molecule has 8 nitrogen and oxygen atoms in total. The number of amides is 2. The maximum Gasteiger partial charge on any atom is 0.224 e. The average Bonchev–Trinajstić information content (AvgIpc) is 2.83. The molecule has 1 aromatic rings. The molecule has 0 saturated heterocycles. The van der Waals surface area contributed by atoms with Gasteiger partial charge in [0.15, 0.2) is 0 Å². The van der Waals surface area contributed by atoms with Crippen molar-refractivity contribution in [2.45, 2.75) is 92.9 Å². The quantitative estimate of drug-likeness (QED) is 0.213. The summed E-state index contributed by atoms with van der Waals surface area (Å²) < 4.78 is 5.83. The third-order valence-corrected chi connectivity index (χ3v) is 7.28. The minimum absolute atomic E-state index is 0.00832. The Morgan fingerprint density at radius 1 is 1.11 bits per heavy atom. The fourth-order valence-corrected chi connectivity index (χ4v) is 4.25. The van der Waals surface area contributed by atoms with E-state index in [9.17, 15) is 19.8 Å². The number of nitrogens with one attached hydrogen (secondary N) is 1. The van der Waals surface area contributed by atoms with E-state index in [1.165, 1.54) is 0 Å². The van der Waals surface area contributed by atoms with Crippen LogP contribution in [0, 0.1) is 29.1 Å². The molecular formula is C29H51N3O5. The van der Waals surface area contributed by atoms with E-state index in [1.54, 1.807) is 13.8 Å². The van der Waals surface area contributed by atoms with E-state index in [4.69, 9.17) is 16.2 Å². The number of carbonyl (C=O) groups excluding carboxylic acids is 2. The highest BCUT2D eigenvalue weighted by molar-refractivity contribution is 5.83. The first-order valence-corrected chi connectivity index (χ1v) is 13.6. The molecule has 7 N–H and O–H groups in total. The number of benzene rings is 1. The first-order chi connectivity index (χ1) is 17.2. The Balaban J connectivity index is 2.87. The fraction of sp³-hybridized carbons (Fsp3) is 0.724. The van der Waals surface area contributed by atoms with E-state index in [0.717, 1.165) is 24.0 Å². The lowest BCUT2D eigenvalue weighted by Gasteiger charge is -2.30. The molecular weight excluding hydrogens is 470 g/mol. The van der Waals surface area contributed by atoms with Crippen molar-refractivity contribution in [1.82, 2.24) is 5.32 Å². The molecule has 8 heteroatoms. The molecule has 0 fully saturated rings. The zero-order valence-corrected chi connectivity index (χ0v) is 23.9. The van der Waals surface area contributed by atoms with Gasteiger partial charge in [0.1, 0.15) is 5.75 Å². The lowest BCUT2D eigenvalue weighted by molar-refractivity contribution is -0.130. The standard InChI is InChI=1S/C29H51N3O5/c1-8-11-37-26-13-20(9-10-21(26)16-33)12-22(18(2)3)14-24(30)25(34)15-23(19(4)5)27(35)32-17-29(6,7)28(31)36/h9-10,13,18-19,22-25,33-34H,8,11-12,14-17,30H2,1-7H3,(H2,31,36)(H,32,35)/t22-,23-,24-,25-/m0/s1. The third-order valence-electron chi connectivity index (χ3n) is 7.28. The molecule has 0 radical (unpaired) electrons. The van der Waals surface area contributed by atoms with Gasteiger partial charge in [-0.3, -0.25) is 9.59 Å². The van der Waals surface area contributed by atoms with Crippen LogP contribution in [0.5, 0.6) is 5.75 Å². The van der Waals surface area contributed by atoms with Crippen LogP contribution in [0.1, 0.15) is 78.9 Å². The monoisotopic (exact) mass is 521 g/mol. The van der Waals surface area contributed by atoms with Crippen LogP contribution in [0.2, 0.25) is 0 Å². The Morgan fingerprint density at radius 2 is 1.76 bits per heavy atom. The number of hydrogen-bond donors (Lipinski definition) is 5. The summed E-state index contributed by atoms with van der Waals surface area (Å²) in [4.78, 5) is 24.5. The van der Waals surface area contributed by atoms with E-state index < -0.39 is 29.4 Å². The van der Waals surface area contributed by atoms with E-state index in [0.29, 0.717) is 24.7 Å². The zero-order valence-electron chi connectivity index (χ0n) is 23.9. The lowest BCUT2D eigenvalue weighted by Crippen LogP contribution is -2.46. The number of primary amides is 1. The number of rotatable bonds is 17. The summed E-state index contributed by atoms with van der Waals surface area (Å²) in [5, 5.41) is 23.4. The van der Waals surface area contributed by atoms with Gasteiger partial charge in [-0.2, -0.15) is 0 Å². The van der Waals surface area contributed by atoms with Gasteiger partial charge in [0.25, 0.3) is 0 Å². The van der Waals surface area contributed by atoms with Crippen LogP contribution in [0.4, 0.5) is 0 Å². The smallest absolute Gasteiger partial charge is 0.224 e. The number of aliphatic hydroxyl groups is 2. The predicted molar refractivity (Wildman–Crippen MR) is 148 cm³/mol. The third kappa shape index (κ3) is 10.6. The Kier molecular flexibility index (Phi) is 13.6. The summed E-state index contributed by atoms with van der Waals surface area (Å²) >= 11 is 0. The normalized spacial score (nSPS) is 15.4. The molecule has 0 spiro atoms. The van der Waals surface area contributed by atoms with Gasteiger partial charge >= 0.3 is 0 Å². The maximum absolute atomic E-state index is 12.9. The molecule has 37 heavy (non-hydrogen) atoms. The number of aliphatic hydroxyl groups excluding tert-OH is 2. The van der Waals surface area contributed by atoms with Crippen molar-refractivity contribution in [3.63, 3.8) is 0 Å². The second-order valence-corrected chi connectivity index (χ2v) is 11.7. The first-order valence-electron chi connectivity index (χ1n) is 13.6. The topological polar surface area (TPSA) is 148 Å². The SMILES string of the molecule is CCCOc1cc(C[C@@H](C[C@H](N)[C@@H](O)C[C@H](C(=O)NCC(C)(C)C(N)=O)C(C)C)C(C)C)ccc1CO. The molecule has 4 atom stereocenters. The van der Waals surface area contributed by atoms with Gasteiger partial charge in [-0.05, 0) is 68.9 Å². The number of hydrogen-bond acceptors (Lipinski definition) is 6. The van der Waals surface area contributed by atoms with Crippen LogP contribution in [-0.2, 0) is 22.6 Å². The van der Waals surface area contributed by atoms with Gasteiger partial charge in [0, 0.05) is 24.1 Å². The summed E-state index contributed by atoms with van der Waals surface area (Å²) in [7, 11) is 0. The van der Waals surface area contributed by atoms with Gasteiger partial charge < -0.3 is 31.7 Å². The minimum atomic E-state index is -0.854. The van der Waals surface area contributed by atoms with Crippen molar-refractivity contribution < 1.29 is 24.5 Å². The molecule has 0 saturated carbocycles. The molecule has 0 aliphatic carbocycles. The molecule has 212 valence electrons. The van der Waals surface area contributed by atoms with Crippen molar-refractivity contribution >= 4 is 11.8 Å². The van der Waals surface area contributed by atoms with E-state index in [1.807, 2.05) is 39.0 Å². The predicted octanol–water partition coefficient (Wildman–Crippen LogP) is 3.15.